The Hall–Kier alpha value is -0.910. The number of nitrogens with one attached hydrogen (secondary N) is 1. The largest absolute Gasteiger partial charge is 0.384 e. The van der Waals surface area contributed by atoms with Crippen molar-refractivity contribution in [2.75, 3.05) is 13.2 Å². The number of rotatable bonds is 4. The molecule has 4 rings (SSSR count). The number of hydrogen-bond acceptors (Lipinski definition) is 4. The zero-order valence-electron chi connectivity index (χ0n) is 12.9. The van der Waals surface area contributed by atoms with Gasteiger partial charge in [0.15, 0.2) is 0 Å². The van der Waals surface area contributed by atoms with Crippen LogP contribution in [0.4, 0.5) is 0 Å². The Labute approximate surface area is 125 Å². The summed E-state index contributed by atoms with van der Waals surface area (Å²) in [5.41, 5.74) is 0.370. The molecule has 0 aromatic carbocycles. The van der Waals surface area contributed by atoms with E-state index in [2.05, 4.69) is 10.4 Å². The number of ether oxygens (including phenoxy) is 1. The van der Waals surface area contributed by atoms with Crippen molar-refractivity contribution in [3.8, 4) is 0 Å². The minimum atomic E-state index is -0.871. The van der Waals surface area contributed by atoms with Gasteiger partial charge in [0.1, 0.15) is 5.60 Å². The predicted molar refractivity (Wildman–Crippen MR) is 78.7 cm³/mol. The van der Waals surface area contributed by atoms with Crippen LogP contribution in [0.25, 0.3) is 0 Å². The van der Waals surface area contributed by atoms with E-state index in [1.807, 2.05) is 20.2 Å². The van der Waals surface area contributed by atoms with Crippen LogP contribution in [0.15, 0.2) is 12.4 Å². The minimum absolute atomic E-state index is 0.367. The number of aromatic nitrogens is 2. The summed E-state index contributed by atoms with van der Waals surface area (Å²) in [6.45, 7) is 3.36. The molecule has 3 fully saturated rings. The van der Waals surface area contributed by atoms with Crippen molar-refractivity contribution < 1.29 is 9.84 Å². The van der Waals surface area contributed by atoms with Gasteiger partial charge in [0.2, 0.25) is 0 Å². The molecule has 21 heavy (non-hydrogen) atoms. The van der Waals surface area contributed by atoms with Gasteiger partial charge in [-0.25, -0.2) is 0 Å². The van der Waals surface area contributed by atoms with Crippen molar-refractivity contribution in [2.45, 2.75) is 50.4 Å². The van der Waals surface area contributed by atoms with E-state index < -0.39 is 5.60 Å². The van der Waals surface area contributed by atoms with Crippen LogP contribution < -0.4 is 5.32 Å². The molecule has 1 saturated heterocycles. The van der Waals surface area contributed by atoms with Gasteiger partial charge >= 0.3 is 0 Å². The van der Waals surface area contributed by atoms with Crippen LogP contribution in [0, 0.1) is 11.3 Å². The van der Waals surface area contributed by atoms with Crippen LogP contribution in [-0.2, 0) is 17.4 Å². The lowest BCUT2D eigenvalue weighted by atomic mass is 9.46. The first-order chi connectivity index (χ1) is 10.0. The lowest BCUT2D eigenvalue weighted by Crippen LogP contribution is -2.71. The normalized spacial score (nSPS) is 35.9. The maximum absolute atomic E-state index is 10.7. The van der Waals surface area contributed by atoms with Gasteiger partial charge in [-0.2, -0.15) is 5.10 Å². The van der Waals surface area contributed by atoms with Crippen LogP contribution in [0.5, 0.6) is 0 Å². The average molecular weight is 291 g/mol. The van der Waals surface area contributed by atoms with Gasteiger partial charge in [-0.1, -0.05) is 6.42 Å². The Bertz CT molecular complexity index is 535. The standard InChI is InChI=1S/C16H25N3O2/c1-15(20,11-8-18-19(2)9-11)10-17-13-12-4-7-21-14(12)16(13)5-3-6-16/h8-9,12-14,17,20H,3-7,10H2,1-2H3. The third-order valence-corrected chi connectivity index (χ3v) is 6.03. The molecular weight excluding hydrogens is 266 g/mol. The summed E-state index contributed by atoms with van der Waals surface area (Å²) in [6.07, 6.45) is 9.17. The molecule has 0 bridgehead atoms. The Morgan fingerprint density at radius 2 is 2.38 bits per heavy atom. The van der Waals surface area contributed by atoms with E-state index in [0.29, 0.717) is 30.0 Å². The third-order valence-electron chi connectivity index (χ3n) is 6.03. The maximum atomic E-state index is 10.7. The van der Waals surface area contributed by atoms with E-state index in [1.165, 1.54) is 25.7 Å². The molecule has 2 saturated carbocycles. The van der Waals surface area contributed by atoms with Crippen LogP contribution in [0.1, 0.15) is 38.2 Å². The zero-order valence-corrected chi connectivity index (χ0v) is 12.9. The quantitative estimate of drug-likeness (QED) is 0.874. The summed E-state index contributed by atoms with van der Waals surface area (Å²) in [4.78, 5) is 0. The SMILES string of the molecule is Cn1cc(C(C)(O)CNC2C3CCOC3C23CCC3)cn1. The van der Waals surface area contributed by atoms with Gasteiger partial charge in [0.25, 0.3) is 0 Å². The van der Waals surface area contributed by atoms with Crippen molar-refractivity contribution in [2.24, 2.45) is 18.4 Å². The molecule has 1 aromatic heterocycles. The average Bonchev–Trinajstić information content (AvgIpc) is 2.96. The van der Waals surface area contributed by atoms with E-state index in [9.17, 15) is 5.11 Å². The van der Waals surface area contributed by atoms with Crippen LogP contribution in [0.3, 0.4) is 0 Å². The van der Waals surface area contributed by atoms with E-state index in [-0.39, 0.29) is 0 Å². The molecule has 4 unspecified atom stereocenters. The fourth-order valence-corrected chi connectivity index (χ4v) is 4.67. The van der Waals surface area contributed by atoms with E-state index in [4.69, 9.17) is 4.74 Å². The molecule has 1 aliphatic heterocycles. The van der Waals surface area contributed by atoms with E-state index >= 15 is 0 Å². The third kappa shape index (κ3) is 1.91. The summed E-state index contributed by atoms with van der Waals surface area (Å²) in [5.74, 6) is 0.648. The smallest absolute Gasteiger partial charge is 0.102 e. The summed E-state index contributed by atoms with van der Waals surface area (Å²) in [6, 6.07) is 0.516. The number of fused-ring (bicyclic) bond motifs is 2. The van der Waals surface area contributed by atoms with E-state index in [1.54, 1.807) is 10.9 Å². The van der Waals surface area contributed by atoms with Gasteiger partial charge in [0, 0.05) is 49.3 Å². The number of hydrogen-bond donors (Lipinski definition) is 2. The first kappa shape index (κ1) is 13.7. The highest BCUT2D eigenvalue weighted by molar-refractivity contribution is 5.20. The highest BCUT2D eigenvalue weighted by atomic mass is 16.5. The van der Waals surface area contributed by atoms with E-state index in [0.717, 1.165) is 12.2 Å². The lowest BCUT2D eigenvalue weighted by molar-refractivity contribution is -0.178. The molecule has 0 amide bonds. The molecule has 2 heterocycles. The first-order valence-corrected chi connectivity index (χ1v) is 8.09. The Morgan fingerprint density at radius 1 is 1.57 bits per heavy atom. The molecule has 5 heteroatoms. The van der Waals surface area contributed by atoms with Crippen LogP contribution >= 0.6 is 0 Å². The first-order valence-electron chi connectivity index (χ1n) is 8.09. The molecule has 4 atom stereocenters. The van der Waals surface area contributed by atoms with Crippen LogP contribution in [0.2, 0.25) is 0 Å². The molecule has 5 nitrogen and oxygen atoms in total. The molecule has 0 radical (unpaired) electrons. The summed E-state index contributed by atoms with van der Waals surface area (Å²) < 4.78 is 7.68. The van der Waals surface area contributed by atoms with Gasteiger partial charge in [0.05, 0.1) is 12.3 Å². The Kier molecular flexibility index (Phi) is 2.97. The highest BCUT2D eigenvalue weighted by Crippen LogP contribution is 2.62. The second-order valence-corrected chi connectivity index (χ2v) is 7.37. The van der Waals surface area contributed by atoms with Crippen molar-refractivity contribution in [1.82, 2.24) is 15.1 Å². The minimum Gasteiger partial charge on any atom is -0.384 e. The molecule has 2 N–H and O–H groups in total. The fourth-order valence-electron chi connectivity index (χ4n) is 4.67. The topological polar surface area (TPSA) is 59.3 Å². The van der Waals surface area contributed by atoms with Gasteiger partial charge < -0.3 is 15.2 Å². The van der Waals surface area contributed by atoms with Crippen molar-refractivity contribution >= 4 is 0 Å². The molecular formula is C16H25N3O2. The van der Waals surface area contributed by atoms with Crippen molar-refractivity contribution in [3.05, 3.63) is 18.0 Å². The second-order valence-electron chi connectivity index (χ2n) is 7.37. The van der Waals surface area contributed by atoms with Crippen molar-refractivity contribution in [3.63, 3.8) is 0 Å². The van der Waals surface area contributed by atoms with Crippen molar-refractivity contribution in [1.29, 1.82) is 0 Å². The second kappa shape index (κ2) is 4.54. The monoisotopic (exact) mass is 291 g/mol. The molecule has 1 spiro atoms. The van der Waals surface area contributed by atoms with Gasteiger partial charge in [-0.05, 0) is 26.2 Å². The summed E-state index contributed by atoms with van der Waals surface area (Å²) in [7, 11) is 1.88. The summed E-state index contributed by atoms with van der Waals surface area (Å²) >= 11 is 0. The highest BCUT2D eigenvalue weighted by Gasteiger charge is 2.66. The van der Waals surface area contributed by atoms with Gasteiger partial charge in [-0.3, -0.25) is 4.68 Å². The zero-order chi connectivity index (χ0) is 14.7. The predicted octanol–water partition coefficient (Wildman–Crippen LogP) is 1.17. The van der Waals surface area contributed by atoms with Gasteiger partial charge in [-0.15, -0.1) is 0 Å². The Balaban J connectivity index is 1.44. The van der Waals surface area contributed by atoms with Crippen LogP contribution in [-0.4, -0.2) is 40.2 Å². The molecule has 2 aliphatic carbocycles. The molecule has 116 valence electrons. The summed E-state index contributed by atoms with van der Waals surface area (Å²) in [5, 5.41) is 18.5. The lowest BCUT2D eigenvalue weighted by Gasteiger charge is -2.63. The molecule has 3 aliphatic rings. The Morgan fingerprint density at radius 3 is 3.00 bits per heavy atom. The number of aryl methyl sites for hydroxylation is 1. The number of nitrogens with zero attached hydrogens (tertiary/aromatic N) is 2. The fraction of sp³-hybridized carbons (Fsp3) is 0.812. The maximum Gasteiger partial charge on any atom is 0.102 e. The number of aliphatic hydroxyl groups is 1. The molecule has 1 aromatic rings.